The molecule has 0 radical (unpaired) electrons. The van der Waals surface area contributed by atoms with Crippen LogP contribution in [-0.2, 0) is 0 Å². The first-order valence-corrected chi connectivity index (χ1v) is 6.08. The molecule has 0 saturated carbocycles. The highest BCUT2D eigenvalue weighted by molar-refractivity contribution is 4.77. The number of hydrogen-bond acceptors (Lipinski definition) is 0. The number of hydrogen-bond donors (Lipinski definition) is 0. The summed E-state index contributed by atoms with van der Waals surface area (Å²) in [5.74, 6) is 0. The van der Waals surface area contributed by atoms with Crippen LogP contribution >= 0.6 is 0 Å². The second kappa shape index (κ2) is 29.2. The molecule has 0 saturated heterocycles. The highest BCUT2D eigenvalue weighted by atomic mass is 13.7. The van der Waals surface area contributed by atoms with Gasteiger partial charge in [0, 0.05) is 0 Å². The summed E-state index contributed by atoms with van der Waals surface area (Å²) in [6.07, 6.45) is 16.1. The van der Waals surface area contributed by atoms with Crippen LogP contribution in [0.15, 0.2) is 36.5 Å². The average molecular weight is 210 g/mol. The van der Waals surface area contributed by atoms with Gasteiger partial charge in [-0.15, -0.1) is 0 Å². The minimum atomic E-state index is 1.16. The lowest BCUT2D eigenvalue weighted by molar-refractivity contribution is 1.16. The van der Waals surface area contributed by atoms with Gasteiger partial charge < -0.3 is 0 Å². The van der Waals surface area contributed by atoms with Crippen LogP contribution in [0.5, 0.6) is 0 Å². The normalized spacial score (nSPS) is 10.0. The van der Waals surface area contributed by atoms with Crippen molar-refractivity contribution in [3.8, 4) is 0 Å². The SMILES string of the molecule is CC=CC.CC=CCC.CCC=CCC. The van der Waals surface area contributed by atoms with E-state index < -0.39 is 0 Å². The minimum Gasteiger partial charge on any atom is -0.0919 e. The average Bonchev–Trinajstić information content (AvgIpc) is 2.28. The summed E-state index contributed by atoms with van der Waals surface area (Å²) in [4.78, 5) is 0. The van der Waals surface area contributed by atoms with Crippen LogP contribution in [0.3, 0.4) is 0 Å². The number of allylic oxidation sites excluding steroid dienone is 6. The predicted molar refractivity (Wildman–Crippen MR) is 75.3 cm³/mol. The molecule has 0 heterocycles. The third-order valence-electron chi connectivity index (χ3n) is 1.44. The van der Waals surface area contributed by atoms with Crippen molar-refractivity contribution in [1.29, 1.82) is 0 Å². The van der Waals surface area contributed by atoms with Crippen LogP contribution in [0.2, 0.25) is 0 Å². The molecule has 0 aromatic carbocycles. The van der Waals surface area contributed by atoms with Gasteiger partial charge in [-0.2, -0.15) is 0 Å². The van der Waals surface area contributed by atoms with Crippen LogP contribution in [0, 0.1) is 0 Å². The molecule has 0 bridgehead atoms. The Labute approximate surface area is 97.8 Å². The van der Waals surface area contributed by atoms with Gasteiger partial charge in [-0.1, -0.05) is 57.2 Å². The molecule has 0 nitrogen and oxygen atoms in total. The van der Waals surface area contributed by atoms with E-state index in [0.29, 0.717) is 0 Å². The van der Waals surface area contributed by atoms with Crippen molar-refractivity contribution < 1.29 is 0 Å². The molecule has 0 aromatic rings. The van der Waals surface area contributed by atoms with E-state index in [1.807, 2.05) is 32.9 Å². The second-order valence-electron chi connectivity index (χ2n) is 2.93. The molecule has 0 unspecified atom stereocenters. The fourth-order valence-electron chi connectivity index (χ4n) is 0.569. The molecule has 0 heteroatoms. The Kier molecular flexibility index (Phi) is 38.5. The summed E-state index contributed by atoms with van der Waals surface area (Å²) >= 11 is 0. The molecule has 0 spiro atoms. The molecule has 0 atom stereocenters. The fourth-order valence-corrected chi connectivity index (χ4v) is 0.569. The van der Waals surface area contributed by atoms with E-state index in [4.69, 9.17) is 0 Å². The molecule has 0 fully saturated rings. The lowest BCUT2D eigenvalue weighted by atomic mass is 10.4. The summed E-state index contributed by atoms with van der Waals surface area (Å²) in [6.45, 7) is 12.4. The molecule has 0 aliphatic carbocycles. The molecule has 0 aliphatic heterocycles. The molecule has 0 aliphatic rings. The lowest BCUT2D eigenvalue weighted by Gasteiger charge is -1.72. The summed E-state index contributed by atoms with van der Waals surface area (Å²) in [5.41, 5.74) is 0. The molecule has 90 valence electrons. The second-order valence-corrected chi connectivity index (χ2v) is 2.93. The van der Waals surface area contributed by atoms with E-state index in [2.05, 4.69) is 45.1 Å². The zero-order chi connectivity index (χ0) is 12.4. The van der Waals surface area contributed by atoms with Crippen molar-refractivity contribution in [1.82, 2.24) is 0 Å². The Hall–Kier alpha value is -0.780. The lowest BCUT2D eigenvalue weighted by Crippen LogP contribution is -1.51. The van der Waals surface area contributed by atoms with Gasteiger partial charge in [-0.25, -0.2) is 0 Å². The first-order chi connectivity index (χ1) is 7.24. The van der Waals surface area contributed by atoms with E-state index in [1.54, 1.807) is 0 Å². The van der Waals surface area contributed by atoms with E-state index in [9.17, 15) is 0 Å². The van der Waals surface area contributed by atoms with Gasteiger partial charge >= 0.3 is 0 Å². The Morgan fingerprint density at radius 3 is 0.933 bits per heavy atom. The maximum atomic E-state index is 2.18. The molecule has 0 N–H and O–H groups in total. The van der Waals surface area contributed by atoms with Crippen molar-refractivity contribution in [3.05, 3.63) is 36.5 Å². The van der Waals surface area contributed by atoms with E-state index in [0.717, 1.165) is 6.42 Å². The molecule has 0 rings (SSSR count). The fraction of sp³-hybridized carbons (Fsp3) is 0.600. The van der Waals surface area contributed by atoms with Crippen LogP contribution < -0.4 is 0 Å². The van der Waals surface area contributed by atoms with Crippen molar-refractivity contribution in [3.63, 3.8) is 0 Å². The van der Waals surface area contributed by atoms with Crippen molar-refractivity contribution in [2.45, 2.75) is 60.8 Å². The van der Waals surface area contributed by atoms with Crippen LogP contribution in [0.1, 0.15) is 60.8 Å². The molecule has 0 aromatic heterocycles. The Bertz CT molecular complexity index is 128. The van der Waals surface area contributed by atoms with Gasteiger partial charge in [0.1, 0.15) is 0 Å². The van der Waals surface area contributed by atoms with Crippen LogP contribution in [-0.4, -0.2) is 0 Å². The smallest absolute Gasteiger partial charge is 0.0379 e. The van der Waals surface area contributed by atoms with E-state index >= 15 is 0 Å². The van der Waals surface area contributed by atoms with Crippen LogP contribution in [0.25, 0.3) is 0 Å². The van der Waals surface area contributed by atoms with Gasteiger partial charge in [0.05, 0.1) is 0 Å². The first kappa shape index (κ1) is 19.7. The number of rotatable bonds is 3. The zero-order valence-electron chi connectivity index (χ0n) is 11.6. The minimum absolute atomic E-state index is 1.16. The van der Waals surface area contributed by atoms with Crippen molar-refractivity contribution in [2.75, 3.05) is 0 Å². The summed E-state index contributed by atoms with van der Waals surface area (Å²) in [6, 6.07) is 0. The topological polar surface area (TPSA) is 0 Å². The van der Waals surface area contributed by atoms with Crippen LogP contribution in [0.4, 0.5) is 0 Å². The first-order valence-electron chi connectivity index (χ1n) is 6.08. The van der Waals surface area contributed by atoms with Crippen molar-refractivity contribution >= 4 is 0 Å². The van der Waals surface area contributed by atoms with Gasteiger partial charge in [-0.05, 0) is 40.0 Å². The molecular weight excluding hydrogens is 180 g/mol. The van der Waals surface area contributed by atoms with Gasteiger partial charge in [-0.3, -0.25) is 0 Å². The van der Waals surface area contributed by atoms with Crippen molar-refractivity contribution in [2.24, 2.45) is 0 Å². The largest absolute Gasteiger partial charge is 0.0919 e. The van der Waals surface area contributed by atoms with Gasteiger partial charge in [0.2, 0.25) is 0 Å². The monoisotopic (exact) mass is 210 g/mol. The highest BCUT2D eigenvalue weighted by Gasteiger charge is 1.60. The maximum absolute atomic E-state index is 2.18. The standard InChI is InChI=1S/C6H12.C5H10.C4H8/c1-3-5-6-4-2;1-3-5-4-2;1-3-4-2/h5-6H,3-4H2,1-2H3;3,5H,4H2,1-2H3;3-4H,1-2H3. The summed E-state index contributed by atoms with van der Waals surface area (Å²) in [7, 11) is 0. The maximum Gasteiger partial charge on any atom is -0.0379 e. The van der Waals surface area contributed by atoms with Gasteiger partial charge in [0.25, 0.3) is 0 Å². The highest BCUT2D eigenvalue weighted by Crippen LogP contribution is 1.81. The van der Waals surface area contributed by atoms with Gasteiger partial charge in [0.15, 0.2) is 0 Å². The third kappa shape index (κ3) is 61.1. The van der Waals surface area contributed by atoms with E-state index in [-0.39, 0.29) is 0 Å². The predicted octanol–water partition coefficient (Wildman–Crippen LogP) is 5.92. The third-order valence-corrected chi connectivity index (χ3v) is 1.44. The molecule has 15 heavy (non-hydrogen) atoms. The Morgan fingerprint density at radius 1 is 0.533 bits per heavy atom. The summed E-state index contributed by atoms with van der Waals surface area (Å²) in [5, 5.41) is 0. The molecular formula is C15H30. The zero-order valence-corrected chi connectivity index (χ0v) is 11.6. The quantitative estimate of drug-likeness (QED) is 0.507. The molecule has 0 amide bonds. The Balaban J connectivity index is -0.000000147. The Morgan fingerprint density at radius 2 is 0.867 bits per heavy atom. The summed E-state index contributed by atoms with van der Waals surface area (Å²) < 4.78 is 0. The van der Waals surface area contributed by atoms with E-state index in [1.165, 1.54) is 12.8 Å².